The van der Waals surface area contributed by atoms with Crippen molar-refractivity contribution in [2.45, 2.75) is 6.18 Å². The van der Waals surface area contributed by atoms with Crippen molar-refractivity contribution in [2.75, 3.05) is 0 Å². The van der Waals surface area contributed by atoms with Crippen molar-refractivity contribution in [1.29, 1.82) is 0 Å². The van der Waals surface area contributed by atoms with Gasteiger partial charge in [0.2, 0.25) is 11.8 Å². The van der Waals surface area contributed by atoms with Crippen LogP contribution in [0.2, 0.25) is 0 Å². The first-order valence-corrected chi connectivity index (χ1v) is 4.81. The minimum absolute atomic E-state index is 0.108. The second-order valence-corrected chi connectivity index (χ2v) is 3.51. The lowest BCUT2D eigenvalue weighted by atomic mass is 10.1. The Labute approximate surface area is 99.3 Å². The van der Waals surface area contributed by atoms with Crippen molar-refractivity contribution in [1.82, 2.24) is 10.2 Å². The van der Waals surface area contributed by atoms with Crippen LogP contribution in [0.15, 0.2) is 30.3 Å². The minimum atomic E-state index is -4.42. The quantitative estimate of drug-likeness (QED) is 0.822. The van der Waals surface area contributed by atoms with Gasteiger partial charge in [0.05, 0.1) is 11.1 Å². The second-order valence-electron chi connectivity index (χ2n) is 3.51. The molecule has 0 aliphatic heterocycles. The molecule has 2 N–H and O–H groups in total. The fourth-order valence-corrected chi connectivity index (χ4v) is 1.43. The molecule has 1 aromatic carbocycles. The van der Waals surface area contributed by atoms with E-state index in [9.17, 15) is 18.3 Å². The van der Waals surface area contributed by atoms with E-state index in [0.29, 0.717) is 5.56 Å². The molecule has 7 heteroatoms. The number of benzene rings is 1. The van der Waals surface area contributed by atoms with Crippen molar-refractivity contribution in [3.05, 3.63) is 35.9 Å². The molecule has 0 fully saturated rings. The number of alkyl halides is 3. The lowest BCUT2D eigenvalue weighted by Gasteiger charge is -2.08. The van der Waals surface area contributed by atoms with Gasteiger partial charge in [0.25, 0.3) is 0 Å². The van der Waals surface area contributed by atoms with Crippen molar-refractivity contribution >= 4 is 0 Å². The number of aromatic nitrogens is 2. The minimum Gasteiger partial charge on any atom is -0.492 e. The molecule has 1 aromatic heterocycles. The fourth-order valence-electron chi connectivity index (χ4n) is 1.43. The highest BCUT2D eigenvalue weighted by molar-refractivity contribution is 5.68. The van der Waals surface area contributed by atoms with Crippen LogP contribution in [0.4, 0.5) is 13.2 Å². The molecule has 0 aliphatic rings. The number of hydrogen-bond donors (Lipinski definition) is 2. The van der Waals surface area contributed by atoms with E-state index in [1.54, 1.807) is 0 Å². The molecule has 0 spiro atoms. The molecule has 0 radical (unpaired) electrons. The van der Waals surface area contributed by atoms with Gasteiger partial charge in [-0.2, -0.15) is 13.2 Å². The predicted octanol–water partition coefficient (Wildman–Crippen LogP) is 2.57. The fraction of sp³-hybridized carbons (Fsp3) is 0.0909. The number of rotatable bonds is 1. The van der Waals surface area contributed by atoms with Crippen LogP contribution in [0.5, 0.6) is 11.8 Å². The summed E-state index contributed by atoms with van der Waals surface area (Å²) in [5, 5.41) is 25.0. The Hall–Kier alpha value is -2.31. The zero-order valence-corrected chi connectivity index (χ0v) is 8.81. The molecular formula is C11H7F3N2O2. The Morgan fingerprint density at radius 2 is 1.56 bits per heavy atom. The van der Waals surface area contributed by atoms with Crippen LogP contribution in [-0.4, -0.2) is 20.4 Å². The van der Waals surface area contributed by atoms with Gasteiger partial charge in [-0.1, -0.05) is 12.1 Å². The second kappa shape index (κ2) is 4.17. The molecule has 0 bridgehead atoms. The zero-order valence-electron chi connectivity index (χ0n) is 8.81. The summed E-state index contributed by atoms with van der Waals surface area (Å²) >= 11 is 0. The maximum atomic E-state index is 12.4. The summed E-state index contributed by atoms with van der Waals surface area (Å²) in [6.07, 6.45) is -4.42. The number of halogens is 3. The van der Waals surface area contributed by atoms with Gasteiger partial charge < -0.3 is 10.2 Å². The van der Waals surface area contributed by atoms with Gasteiger partial charge in [-0.3, -0.25) is 0 Å². The summed E-state index contributed by atoms with van der Waals surface area (Å²) in [4.78, 5) is 0. The third-order valence-electron chi connectivity index (χ3n) is 2.28. The van der Waals surface area contributed by atoms with E-state index < -0.39 is 23.5 Å². The smallest absolute Gasteiger partial charge is 0.416 e. The van der Waals surface area contributed by atoms with Gasteiger partial charge in [0.15, 0.2) is 0 Å². The Kier molecular flexibility index (Phi) is 2.82. The Balaban J connectivity index is 2.43. The molecule has 1 heterocycles. The third kappa shape index (κ3) is 2.34. The lowest BCUT2D eigenvalue weighted by Crippen LogP contribution is -2.04. The monoisotopic (exact) mass is 256 g/mol. The number of nitrogens with zero attached hydrogens (tertiary/aromatic N) is 2. The van der Waals surface area contributed by atoms with Crippen molar-refractivity contribution in [3.8, 4) is 22.9 Å². The summed E-state index contributed by atoms with van der Waals surface area (Å²) in [5.74, 6) is -0.893. The van der Waals surface area contributed by atoms with Gasteiger partial charge in [0.1, 0.15) is 0 Å². The van der Waals surface area contributed by atoms with E-state index in [-0.39, 0.29) is 5.56 Å². The summed E-state index contributed by atoms with van der Waals surface area (Å²) in [6, 6.07) is 5.24. The van der Waals surface area contributed by atoms with Crippen LogP contribution in [0.3, 0.4) is 0 Å². The molecule has 18 heavy (non-hydrogen) atoms. The summed E-state index contributed by atoms with van der Waals surface area (Å²) in [7, 11) is 0. The van der Waals surface area contributed by atoms with Crippen LogP contribution < -0.4 is 0 Å². The van der Waals surface area contributed by atoms with E-state index in [1.807, 2.05) is 0 Å². The molecule has 0 atom stereocenters. The van der Waals surface area contributed by atoms with E-state index in [4.69, 9.17) is 5.11 Å². The van der Waals surface area contributed by atoms with Crippen LogP contribution in [-0.2, 0) is 6.18 Å². The number of aromatic hydroxyl groups is 2. The molecule has 4 nitrogen and oxygen atoms in total. The largest absolute Gasteiger partial charge is 0.492 e. The van der Waals surface area contributed by atoms with Crippen LogP contribution in [0.1, 0.15) is 5.56 Å². The van der Waals surface area contributed by atoms with Crippen LogP contribution >= 0.6 is 0 Å². The normalized spacial score (nSPS) is 11.5. The van der Waals surface area contributed by atoms with Crippen LogP contribution in [0.25, 0.3) is 11.1 Å². The molecule has 0 saturated heterocycles. The first-order valence-electron chi connectivity index (χ1n) is 4.81. The number of hydrogen-bond acceptors (Lipinski definition) is 4. The van der Waals surface area contributed by atoms with Crippen LogP contribution in [0, 0.1) is 0 Å². The van der Waals surface area contributed by atoms with Crippen molar-refractivity contribution in [2.24, 2.45) is 0 Å². The molecule has 0 amide bonds. The first kappa shape index (κ1) is 12.2. The molecule has 0 aliphatic carbocycles. The Morgan fingerprint density at radius 3 is 2.11 bits per heavy atom. The van der Waals surface area contributed by atoms with Gasteiger partial charge in [-0.15, -0.1) is 10.2 Å². The maximum absolute atomic E-state index is 12.4. The first-order chi connectivity index (χ1) is 8.38. The summed E-state index contributed by atoms with van der Waals surface area (Å²) in [6.45, 7) is 0. The summed E-state index contributed by atoms with van der Waals surface area (Å²) in [5.41, 5.74) is -0.390. The third-order valence-corrected chi connectivity index (χ3v) is 2.28. The Morgan fingerprint density at radius 1 is 0.944 bits per heavy atom. The Bertz CT molecular complexity index is 567. The average molecular weight is 256 g/mol. The van der Waals surface area contributed by atoms with Crippen molar-refractivity contribution < 1.29 is 23.4 Å². The van der Waals surface area contributed by atoms with Gasteiger partial charge in [0, 0.05) is 6.07 Å². The molecule has 2 rings (SSSR count). The van der Waals surface area contributed by atoms with E-state index in [2.05, 4.69) is 10.2 Å². The molecule has 94 valence electrons. The topological polar surface area (TPSA) is 66.2 Å². The molecule has 2 aromatic rings. The molecular weight excluding hydrogens is 249 g/mol. The zero-order chi connectivity index (χ0) is 13.3. The van der Waals surface area contributed by atoms with Gasteiger partial charge >= 0.3 is 6.18 Å². The predicted molar refractivity (Wildman–Crippen MR) is 55.8 cm³/mol. The molecule has 0 saturated carbocycles. The van der Waals surface area contributed by atoms with E-state index in [0.717, 1.165) is 18.2 Å². The van der Waals surface area contributed by atoms with E-state index in [1.165, 1.54) is 12.1 Å². The highest BCUT2D eigenvalue weighted by Gasteiger charge is 2.30. The highest BCUT2D eigenvalue weighted by atomic mass is 19.4. The van der Waals surface area contributed by atoms with Gasteiger partial charge in [-0.25, -0.2) is 0 Å². The SMILES string of the molecule is Oc1cc(-c2ccc(C(F)(F)F)cc2)c(O)nn1. The van der Waals surface area contributed by atoms with E-state index >= 15 is 0 Å². The van der Waals surface area contributed by atoms with Crippen molar-refractivity contribution in [3.63, 3.8) is 0 Å². The lowest BCUT2D eigenvalue weighted by molar-refractivity contribution is -0.137. The average Bonchev–Trinajstić information content (AvgIpc) is 2.31. The highest BCUT2D eigenvalue weighted by Crippen LogP contribution is 2.33. The van der Waals surface area contributed by atoms with Gasteiger partial charge in [-0.05, 0) is 17.7 Å². The maximum Gasteiger partial charge on any atom is 0.416 e. The molecule has 0 unspecified atom stereocenters. The summed E-state index contributed by atoms with van der Waals surface area (Å²) < 4.78 is 37.1. The standard InChI is InChI=1S/C11H7F3N2O2/c12-11(13,14)7-3-1-6(2-4-7)8-5-9(17)15-16-10(8)18/h1-5H,(H,15,17)(H,16,18).